The van der Waals surface area contributed by atoms with Crippen LogP contribution in [0, 0.1) is 11.6 Å². The molecule has 0 aliphatic rings. The largest absolute Gasteiger partial charge is 0.241 e. The van der Waals surface area contributed by atoms with E-state index in [-0.39, 0.29) is 10.8 Å². The Kier molecular flexibility index (Phi) is 4.69. The highest BCUT2D eigenvalue weighted by Crippen LogP contribution is 2.18. The molecular formula is C11H14ClF2NO2S. The molecule has 1 rings (SSSR count). The van der Waals surface area contributed by atoms with E-state index in [1.807, 2.05) is 0 Å². The summed E-state index contributed by atoms with van der Waals surface area (Å²) in [5.74, 6) is -2.00. The molecule has 0 saturated heterocycles. The first kappa shape index (κ1) is 15.3. The second-order valence-electron chi connectivity index (χ2n) is 4.50. The van der Waals surface area contributed by atoms with Gasteiger partial charge < -0.3 is 0 Å². The maximum Gasteiger partial charge on any atom is 0.241 e. The third-order valence-electron chi connectivity index (χ3n) is 2.33. The van der Waals surface area contributed by atoms with Gasteiger partial charge in [-0.25, -0.2) is 21.9 Å². The number of benzene rings is 1. The van der Waals surface area contributed by atoms with Gasteiger partial charge in [0.15, 0.2) is 11.6 Å². The summed E-state index contributed by atoms with van der Waals surface area (Å²) in [6.07, 6.45) is 0.414. The van der Waals surface area contributed by atoms with Gasteiger partial charge in [0.05, 0.1) is 4.90 Å². The van der Waals surface area contributed by atoms with E-state index in [4.69, 9.17) is 11.6 Å². The van der Waals surface area contributed by atoms with Crippen molar-refractivity contribution in [2.24, 2.45) is 0 Å². The van der Waals surface area contributed by atoms with Crippen LogP contribution in [0.2, 0.25) is 0 Å². The van der Waals surface area contributed by atoms with Crippen molar-refractivity contribution < 1.29 is 17.2 Å². The number of sulfonamides is 1. The van der Waals surface area contributed by atoms with Crippen LogP contribution in [-0.2, 0) is 10.0 Å². The van der Waals surface area contributed by atoms with Gasteiger partial charge in [-0.3, -0.25) is 0 Å². The van der Waals surface area contributed by atoms with Crippen LogP contribution in [0.1, 0.15) is 20.3 Å². The predicted octanol–water partition coefficient (Wildman–Crippen LogP) is 2.65. The van der Waals surface area contributed by atoms with Gasteiger partial charge in [-0.2, -0.15) is 0 Å². The first-order valence-corrected chi connectivity index (χ1v) is 7.25. The quantitative estimate of drug-likeness (QED) is 0.849. The SMILES string of the molecule is CC(C)(CCCl)NS(=O)(=O)c1ccc(F)c(F)c1. The fourth-order valence-corrected chi connectivity index (χ4v) is 3.28. The van der Waals surface area contributed by atoms with Crippen molar-refractivity contribution in [2.45, 2.75) is 30.7 Å². The maximum absolute atomic E-state index is 13.0. The molecule has 102 valence electrons. The minimum Gasteiger partial charge on any atom is -0.207 e. The molecule has 0 radical (unpaired) electrons. The second-order valence-corrected chi connectivity index (χ2v) is 6.56. The van der Waals surface area contributed by atoms with Crippen LogP contribution in [0.5, 0.6) is 0 Å². The Hall–Kier alpha value is -0.720. The van der Waals surface area contributed by atoms with Gasteiger partial charge in [0.1, 0.15) is 0 Å². The molecule has 7 heteroatoms. The Morgan fingerprint density at radius 3 is 2.39 bits per heavy atom. The smallest absolute Gasteiger partial charge is 0.207 e. The molecule has 1 N–H and O–H groups in total. The summed E-state index contributed by atoms with van der Waals surface area (Å²) in [5.41, 5.74) is -0.758. The zero-order valence-corrected chi connectivity index (χ0v) is 11.6. The number of hydrogen-bond donors (Lipinski definition) is 1. The van der Waals surface area contributed by atoms with Crippen molar-refractivity contribution in [1.29, 1.82) is 0 Å². The molecular weight excluding hydrogens is 284 g/mol. The van der Waals surface area contributed by atoms with Gasteiger partial charge in [-0.15, -0.1) is 11.6 Å². The lowest BCUT2D eigenvalue weighted by Gasteiger charge is -2.24. The van der Waals surface area contributed by atoms with Gasteiger partial charge in [0.25, 0.3) is 0 Å². The molecule has 18 heavy (non-hydrogen) atoms. The van der Waals surface area contributed by atoms with Gasteiger partial charge in [0.2, 0.25) is 10.0 Å². The van der Waals surface area contributed by atoms with E-state index >= 15 is 0 Å². The van der Waals surface area contributed by atoms with E-state index in [1.165, 1.54) is 0 Å². The van der Waals surface area contributed by atoms with Crippen molar-refractivity contribution in [3.63, 3.8) is 0 Å². The normalized spacial score (nSPS) is 12.7. The average molecular weight is 298 g/mol. The van der Waals surface area contributed by atoms with Gasteiger partial charge in [0, 0.05) is 11.4 Å². The van der Waals surface area contributed by atoms with Gasteiger partial charge >= 0.3 is 0 Å². The number of halogens is 3. The molecule has 0 saturated carbocycles. The predicted molar refractivity (Wildman–Crippen MR) is 66.1 cm³/mol. The molecule has 0 spiro atoms. The summed E-state index contributed by atoms with van der Waals surface area (Å²) in [7, 11) is -3.89. The van der Waals surface area contributed by atoms with E-state index in [2.05, 4.69) is 4.72 Å². The first-order valence-electron chi connectivity index (χ1n) is 5.23. The van der Waals surface area contributed by atoms with E-state index in [1.54, 1.807) is 13.8 Å². The molecule has 0 aromatic heterocycles. The average Bonchev–Trinajstić information content (AvgIpc) is 2.20. The second kappa shape index (κ2) is 5.50. The number of rotatable bonds is 5. The summed E-state index contributed by atoms with van der Waals surface area (Å²) in [6.45, 7) is 3.32. The summed E-state index contributed by atoms with van der Waals surface area (Å²) < 4.78 is 52.0. The standard InChI is InChI=1S/C11H14ClF2NO2S/c1-11(2,5-6-12)15-18(16,17)8-3-4-9(13)10(14)7-8/h3-4,7,15H,5-6H2,1-2H3. The molecule has 0 aliphatic carbocycles. The molecule has 0 aliphatic heterocycles. The molecule has 0 atom stereocenters. The highest BCUT2D eigenvalue weighted by Gasteiger charge is 2.26. The lowest BCUT2D eigenvalue weighted by molar-refractivity contribution is 0.441. The van der Waals surface area contributed by atoms with Gasteiger partial charge in [-0.1, -0.05) is 0 Å². The Morgan fingerprint density at radius 1 is 1.28 bits per heavy atom. The number of hydrogen-bond acceptors (Lipinski definition) is 2. The summed E-state index contributed by atoms with van der Waals surface area (Å²) >= 11 is 5.56. The fraction of sp³-hybridized carbons (Fsp3) is 0.455. The molecule has 0 unspecified atom stereocenters. The summed E-state index contributed by atoms with van der Waals surface area (Å²) in [6, 6.07) is 2.43. The number of alkyl halides is 1. The zero-order chi connectivity index (χ0) is 14.0. The van der Waals surface area contributed by atoms with Crippen LogP contribution in [0.25, 0.3) is 0 Å². The molecule has 0 amide bonds. The van der Waals surface area contributed by atoms with Crippen LogP contribution in [-0.4, -0.2) is 19.8 Å². The maximum atomic E-state index is 13.0. The molecule has 1 aromatic carbocycles. The molecule has 0 bridgehead atoms. The topological polar surface area (TPSA) is 46.2 Å². The van der Waals surface area contributed by atoms with E-state index < -0.39 is 27.2 Å². The van der Waals surface area contributed by atoms with E-state index in [0.29, 0.717) is 12.5 Å². The lowest BCUT2D eigenvalue weighted by atomic mass is 10.0. The van der Waals surface area contributed by atoms with Crippen molar-refractivity contribution in [1.82, 2.24) is 4.72 Å². The third-order valence-corrected chi connectivity index (χ3v) is 4.22. The zero-order valence-electron chi connectivity index (χ0n) is 10.0. The highest BCUT2D eigenvalue weighted by atomic mass is 35.5. The Morgan fingerprint density at radius 2 is 1.89 bits per heavy atom. The molecule has 3 nitrogen and oxygen atoms in total. The van der Waals surface area contributed by atoms with E-state index in [0.717, 1.165) is 12.1 Å². The lowest BCUT2D eigenvalue weighted by Crippen LogP contribution is -2.43. The minimum atomic E-state index is -3.89. The van der Waals surface area contributed by atoms with E-state index in [9.17, 15) is 17.2 Å². The third kappa shape index (κ3) is 3.90. The fourth-order valence-electron chi connectivity index (χ4n) is 1.35. The van der Waals surface area contributed by atoms with Crippen LogP contribution >= 0.6 is 11.6 Å². The Balaban J connectivity index is 3.03. The van der Waals surface area contributed by atoms with Crippen molar-refractivity contribution in [2.75, 3.05) is 5.88 Å². The van der Waals surface area contributed by atoms with Crippen LogP contribution in [0.15, 0.2) is 23.1 Å². The van der Waals surface area contributed by atoms with Crippen molar-refractivity contribution in [3.8, 4) is 0 Å². The first-order chi connectivity index (χ1) is 8.18. The van der Waals surface area contributed by atoms with Gasteiger partial charge in [-0.05, 0) is 38.5 Å². The van der Waals surface area contributed by atoms with Crippen LogP contribution < -0.4 is 4.72 Å². The van der Waals surface area contributed by atoms with Crippen molar-refractivity contribution in [3.05, 3.63) is 29.8 Å². The molecule has 0 fully saturated rings. The molecule has 0 heterocycles. The Bertz CT molecular complexity index is 532. The summed E-state index contributed by atoms with van der Waals surface area (Å²) in [5, 5.41) is 0. The van der Waals surface area contributed by atoms with Crippen LogP contribution in [0.4, 0.5) is 8.78 Å². The van der Waals surface area contributed by atoms with Crippen LogP contribution in [0.3, 0.4) is 0 Å². The highest BCUT2D eigenvalue weighted by molar-refractivity contribution is 7.89. The number of nitrogens with one attached hydrogen (secondary N) is 1. The van der Waals surface area contributed by atoms with Crippen molar-refractivity contribution >= 4 is 21.6 Å². The Labute approximate surface area is 110 Å². The monoisotopic (exact) mass is 297 g/mol. The molecule has 1 aromatic rings. The minimum absolute atomic E-state index is 0.285. The summed E-state index contributed by atoms with van der Waals surface area (Å²) in [4.78, 5) is -0.316.